The van der Waals surface area contributed by atoms with E-state index >= 15 is 0 Å². The molecule has 1 aliphatic heterocycles. The predicted octanol–water partition coefficient (Wildman–Crippen LogP) is 7.06. The van der Waals surface area contributed by atoms with Crippen LogP contribution in [-0.2, 0) is 0 Å². The van der Waals surface area contributed by atoms with E-state index in [9.17, 15) is 0 Å². The van der Waals surface area contributed by atoms with Crippen LogP contribution in [0.2, 0.25) is 0 Å². The van der Waals surface area contributed by atoms with Crippen LogP contribution < -0.4 is 0 Å². The first-order valence-corrected chi connectivity index (χ1v) is 14.4. The van der Waals surface area contributed by atoms with Crippen molar-refractivity contribution in [3.8, 4) is 0 Å². The Hall–Kier alpha value is -1.29. The molecule has 1 fully saturated rings. The minimum atomic E-state index is -1.23. The van der Waals surface area contributed by atoms with E-state index in [4.69, 9.17) is 0 Å². The van der Waals surface area contributed by atoms with E-state index < -0.39 is 19.8 Å². The van der Waals surface area contributed by atoms with Gasteiger partial charge in [-0.1, -0.05) is 0 Å². The van der Waals surface area contributed by atoms with E-state index in [1.54, 1.807) is 3.57 Å². The molecule has 0 radical (unpaired) electrons. The Kier molecular flexibility index (Phi) is 7.96. The standard InChI is InChI=1S/C25H36IN/c1-9-11-23(12-10-2)27-15-13-22(14-16-27)26(8)25-20(6)17-19(5)24(18(3)4)21(25)7/h9-12,17,22H,1,3,13-16H2,2,4-8H3/b12-10-,23-11+. The summed E-state index contributed by atoms with van der Waals surface area (Å²) in [5, 5.41) is 0. The number of piperidine rings is 1. The van der Waals surface area contributed by atoms with Crippen molar-refractivity contribution in [2.75, 3.05) is 18.0 Å². The summed E-state index contributed by atoms with van der Waals surface area (Å²) >= 11 is -1.23. The van der Waals surface area contributed by atoms with Crippen LogP contribution >= 0.6 is 19.8 Å². The van der Waals surface area contributed by atoms with Crippen LogP contribution in [0.25, 0.3) is 5.57 Å². The minimum absolute atomic E-state index is 0.888. The quantitative estimate of drug-likeness (QED) is 0.241. The molecule has 1 aromatic carbocycles. The molecular formula is C25H36IN. The van der Waals surface area contributed by atoms with E-state index in [-0.39, 0.29) is 0 Å². The summed E-state index contributed by atoms with van der Waals surface area (Å²) in [5.74, 6) is 0. The second kappa shape index (κ2) is 9.77. The first kappa shape index (κ1) is 22.0. The Morgan fingerprint density at radius 1 is 1.19 bits per heavy atom. The maximum atomic E-state index is 4.24. The monoisotopic (exact) mass is 477 g/mol. The number of halogens is 1. The number of allylic oxidation sites excluding steroid dienone is 5. The average molecular weight is 477 g/mol. The summed E-state index contributed by atoms with van der Waals surface area (Å²) in [6.07, 6.45) is 11.0. The molecule has 0 amide bonds. The van der Waals surface area contributed by atoms with Crippen molar-refractivity contribution in [3.05, 3.63) is 75.0 Å². The number of rotatable bonds is 6. The number of alkyl halides is 2. The Bertz CT molecular complexity index is 761. The second-order valence-corrected chi connectivity index (χ2v) is 13.4. The zero-order valence-electron chi connectivity index (χ0n) is 18.0. The van der Waals surface area contributed by atoms with Gasteiger partial charge in [0.25, 0.3) is 0 Å². The van der Waals surface area contributed by atoms with Gasteiger partial charge in [0.05, 0.1) is 0 Å². The topological polar surface area (TPSA) is 3.24 Å². The molecular weight excluding hydrogens is 441 g/mol. The van der Waals surface area contributed by atoms with Crippen molar-refractivity contribution < 1.29 is 0 Å². The normalized spacial score (nSPS) is 16.7. The zero-order valence-corrected chi connectivity index (χ0v) is 20.2. The van der Waals surface area contributed by atoms with E-state index in [1.807, 2.05) is 6.08 Å². The van der Waals surface area contributed by atoms with Gasteiger partial charge in [0.1, 0.15) is 0 Å². The number of likely N-dealkylation sites (tertiary alicyclic amines) is 1. The molecule has 1 nitrogen and oxygen atoms in total. The van der Waals surface area contributed by atoms with Crippen LogP contribution in [-0.4, -0.2) is 26.8 Å². The molecule has 0 bridgehead atoms. The molecule has 0 aliphatic carbocycles. The van der Waals surface area contributed by atoms with Gasteiger partial charge in [0, 0.05) is 0 Å². The summed E-state index contributed by atoms with van der Waals surface area (Å²) in [6, 6.07) is 2.40. The van der Waals surface area contributed by atoms with Crippen LogP contribution in [0.15, 0.2) is 49.2 Å². The van der Waals surface area contributed by atoms with Gasteiger partial charge in [-0.15, -0.1) is 0 Å². The number of benzene rings is 1. The summed E-state index contributed by atoms with van der Waals surface area (Å²) in [5.41, 5.74) is 8.31. The van der Waals surface area contributed by atoms with E-state index in [2.05, 4.69) is 81.9 Å². The summed E-state index contributed by atoms with van der Waals surface area (Å²) < 4.78 is 2.59. The molecule has 2 rings (SSSR count). The SMILES string of the molecule is C=C/C=C(\C=C/C)N1CCC(I(C)c2c(C)cc(C)c(C(=C)C)c2C)CC1. The molecule has 1 heterocycles. The Morgan fingerprint density at radius 2 is 1.81 bits per heavy atom. The molecule has 0 saturated carbocycles. The van der Waals surface area contributed by atoms with Gasteiger partial charge in [0.2, 0.25) is 0 Å². The van der Waals surface area contributed by atoms with Crippen LogP contribution in [0.3, 0.4) is 0 Å². The predicted molar refractivity (Wildman–Crippen MR) is 132 cm³/mol. The molecule has 148 valence electrons. The number of hydrogen-bond acceptors (Lipinski definition) is 1. The fraction of sp³-hybridized carbons (Fsp3) is 0.440. The van der Waals surface area contributed by atoms with Crippen LogP contribution in [0.1, 0.15) is 48.9 Å². The first-order valence-electron chi connectivity index (χ1n) is 9.87. The molecule has 0 unspecified atom stereocenters. The van der Waals surface area contributed by atoms with Crippen molar-refractivity contribution in [1.82, 2.24) is 4.90 Å². The molecule has 0 N–H and O–H groups in total. The molecule has 2 heteroatoms. The van der Waals surface area contributed by atoms with Gasteiger partial charge < -0.3 is 0 Å². The summed E-state index contributed by atoms with van der Waals surface area (Å²) in [7, 11) is 0. The number of aryl methyl sites for hydroxylation is 2. The Morgan fingerprint density at radius 3 is 2.33 bits per heavy atom. The van der Waals surface area contributed by atoms with Gasteiger partial charge >= 0.3 is 175 Å². The molecule has 1 aliphatic rings. The van der Waals surface area contributed by atoms with Crippen LogP contribution in [0, 0.1) is 24.3 Å². The summed E-state index contributed by atoms with van der Waals surface area (Å²) in [4.78, 5) is 5.11. The fourth-order valence-corrected chi connectivity index (χ4v) is 10.8. The maximum absolute atomic E-state index is 4.24. The van der Waals surface area contributed by atoms with Crippen molar-refractivity contribution in [2.45, 2.75) is 51.4 Å². The number of hydrogen-bond donors (Lipinski definition) is 0. The molecule has 0 aromatic heterocycles. The van der Waals surface area contributed by atoms with Crippen LogP contribution in [0.5, 0.6) is 0 Å². The van der Waals surface area contributed by atoms with Gasteiger partial charge in [0.15, 0.2) is 0 Å². The first-order chi connectivity index (χ1) is 12.8. The van der Waals surface area contributed by atoms with Crippen molar-refractivity contribution in [1.29, 1.82) is 0 Å². The fourth-order valence-electron chi connectivity index (χ4n) is 4.42. The van der Waals surface area contributed by atoms with E-state index in [0.717, 1.165) is 17.0 Å². The Labute approximate surface area is 174 Å². The Balaban J connectivity index is 2.23. The van der Waals surface area contributed by atoms with Crippen LogP contribution in [0.4, 0.5) is 0 Å². The molecule has 1 aromatic rings. The zero-order chi connectivity index (χ0) is 20.1. The van der Waals surface area contributed by atoms with Crippen molar-refractivity contribution in [2.24, 2.45) is 0 Å². The average Bonchev–Trinajstić information content (AvgIpc) is 2.60. The molecule has 27 heavy (non-hydrogen) atoms. The molecule has 1 saturated heterocycles. The van der Waals surface area contributed by atoms with E-state index in [0.29, 0.717) is 0 Å². The van der Waals surface area contributed by atoms with Gasteiger partial charge in [-0.2, -0.15) is 0 Å². The third-order valence-corrected chi connectivity index (χ3v) is 12.7. The third-order valence-electron chi connectivity index (χ3n) is 5.48. The van der Waals surface area contributed by atoms with E-state index in [1.165, 1.54) is 46.4 Å². The summed E-state index contributed by atoms with van der Waals surface area (Å²) in [6.45, 7) is 21.6. The van der Waals surface area contributed by atoms with Gasteiger partial charge in [-0.05, 0) is 0 Å². The second-order valence-electron chi connectivity index (χ2n) is 7.61. The molecule has 0 atom stereocenters. The third kappa shape index (κ3) is 4.96. The van der Waals surface area contributed by atoms with Gasteiger partial charge in [-0.25, -0.2) is 0 Å². The van der Waals surface area contributed by atoms with Crippen molar-refractivity contribution >= 4 is 25.4 Å². The van der Waals surface area contributed by atoms with Crippen molar-refractivity contribution in [3.63, 3.8) is 0 Å². The van der Waals surface area contributed by atoms with Gasteiger partial charge in [-0.3, -0.25) is 0 Å². The molecule has 0 spiro atoms. The number of nitrogens with zero attached hydrogens (tertiary/aromatic N) is 1.